The lowest BCUT2D eigenvalue weighted by Crippen LogP contribution is -2.31. The van der Waals surface area contributed by atoms with Crippen LogP contribution in [0.4, 0.5) is 5.69 Å². The van der Waals surface area contributed by atoms with Crippen molar-refractivity contribution in [1.29, 1.82) is 0 Å². The van der Waals surface area contributed by atoms with E-state index in [0.717, 1.165) is 25.2 Å². The molecule has 1 aromatic heterocycles. The van der Waals surface area contributed by atoms with Gasteiger partial charge in [-0.2, -0.15) is 0 Å². The van der Waals surface area contributed by atoms with E-state index >= 15 is 0 Å². The molecule has 0 unspecified atom stereocenters. The van der Waals surface area contributed by atoms with Crippen LogP contribution < -0.4 is 10.6 Å². The first-order chi connectivity index (χ1) is 9.63. The van der Waals surface area contributed by atoms with Gasteiger partial charge in [0, 0.05) is 31.5 Å². The van der Waals surface area contributed by atoms with Crippen molar-refractivity contribution in [3.63, 3.8) is 0 Å². The Morgan fingerprint density at radius 3 is 2.80 bits per heavy atom. The molecule has 2 N–H and O–H groups in total. The van der Waals surface area contributed by atoms with Gasteiger partial charge in [-0.1, -0.05) is 19.8 Å². The van der Waals surface area contributed by atoms with E-state index in [2.05, 4.69) is 22.5 Å². The summed E-state index contributed by atoms with van der Waals surface area (Å²) in [5, 5.41) is 6.18. The molecule has 20 heavy (non-hydrogen) atoms. The Bertz CT molecular complexity index is 407. The monoisotopic (exact) mass is 278 g/mol. The summed E-state index contributed by atoms with van der Waals surface area (Å²) in [4.78, 5) is 18.1. The number of pyridine rings is 1. The van der Waals surface area contributed by atoms with Crippen molar-refractivity contribution in [3.8, 4) is 0 Å². The molecule has 1 rings (SSSR count). The zero-order valence-corrected chi connectivity index (χ0v) is 12.8. The Balaban J connectivity index is 2.43. The predicted octanol–water partition coefficient (Wildman–Crippen LogP) is 1.98. The lowest BCUT2D eigenvalue weighted by molar-refractivity contribution is 0.0946. The number of nitrogens with one attached hydrogen (secondary N) is 2. The molecule has 0 aliphatic heterocycles. The van der Waals surface area contributed by atoms with Crippen molar-refractivity contribution < 1.29 is 4.79 Å². The minimum Gasteiger partial charge on any atom is -0.385 e. The second-order valence-electron chi connectivity index (χ2n) is 5.12. The van der Waals surface area contributed by atoms with E-state index in [0.29, 0.717) is 12.2 Å². The molecule has 5 nitrogen and oxygen atoms in total. The maximum absolute atomic E-state index is 11.9. The number of carbonyl (C=O) groups excluding carboxylic acids is 1. The van der Waals surface area contributed by atoms with E-state index < -0.39 is 0 Å². The quantitative estimate of drug-likeness (QED) is 0.678. The Kier molecular flexibility index (Phi) is 7.65. The summed E-state index contributed by atoms with van der Waals surface area (Å²) in [7, 11) is 3.95. The van der Waals surface area contributed by atoms with Crippen LogP contribution in [0.25, 0.3) is 0 Å². The average molecular weight is 278 g/mol. The largest absolute Gasteiger partial charge is 0.385 e. The summed E-state index contributed by atoms with van der Waals surface area (Å²) in [5.41, 5.74) is 1.41. The Morgan fingerprint density at radius 1 is 1.30 bits per heavy atom. The molecule has 0 saturated heterocycles. The number of hydrogen-bond acceptors (Lipinski definition) is 4. The van der Waals surface area contributed by atoms with Crippen molar-refractivity contribution in [1.82, 2.24) is 15.2 Å². The van der Waals surface area contributed by atoms with Crippen molar-refractivity contribution in [3.05, 3.63) is 24.0 Å². The van der Waals surface area contributed by atoms with Gasteiger partial charge in [0.25, 0.3) is 5.91 Å². The maximum atomic E-state index is 11.9. The van der Waals surface area contributed by atoms with Gasteiger partial charge in [-0.25, -0.2) is 0 Å². The minimum absolute atomic E-state index is 0.121. The van der Waals surface area contributed by atoms with Crippen LogP contribution in [0.2, 0.25) is 0 Å². The number of unbranched alkanes of at least 4 members (excludes halogenated alkanes) is 2. The fraction of sp³-hybridized carbons (Fsp3) is 0.600. The summed E-state index contributed by atoms with van der Waals surface area (Å²) >= 11 is 0. The van der Waals surface area contributed by atoms with E-state index in [9.17, 15) is 4.79 Å². The van der Waals surface area contributed by atoms with E-state index in [4.69, 9.17) is 0 Å². The van der Waals surface area contributed by atoms with Crippen molar-refractivity contribution in [2.45, 2.75) is 26.2 Å². The summed E-state index contributed by atoms with van der Waals surface area (Å²) in [6, 6.07) is 3.69. The molecule has 1 heterocycles. The summed E-state index contributed by atoms with van der Waals surface area (Å²) in [6.07, 6.45) is 5.24. The molecule has 1 amide bonds. The van der Waals surface area contributed by atoms with Gasteiger partial charge in [-0.05, 0) is 32.6 Å². The standard InChI is InChI=1S/C15H26N4O/c1-4-5-6-8-16-13-7-9-17-14(12-13)15(20)18-10-11-19(2)3/h7,9,12H,4-6,8,10-11H2,1-3H3,(H,16,17)(H,18,20). The Labute approximate surface area is 121 Å². The van der Waals surface area contributed by atoms with E-state index in [1.807, 2.05) is 25.1 Å². The van der Waals surface area contributed by atoms with E-state index in [1.54, 1.807) is 12.3 Å². The number of nitrogens with zero attached hydrogens (tertiary/aromatic N) is 2. The molecule has 0 aliphatic carbocycles. The first-order valence-corrected chi connectivity index (χ1v) is 7.26. The van der Waals surface area contributed by atoms with Crippen LogP contribution in [-0.4, -0.2) is 49.5 Å². The molecular weight excluding hydrogens is 252 g/mol. The van der Waals surface area contributed by atoms with E-state index in [1.165, 1.54) is 12.8 Å². The van der Waals surface area contributed by atoms with Gasteiger partial charge in [-0.3, -0.25) is 9.78 Å². The fourth-order valence-electron chi connectivity index (χ4n) is 1.76. The van der Waals surface area contributed by atoms with E-state index in [-0.39, 0.29) is 5.91 Å². The number of hydrogen-bond donors (Lipinski definition) is 2. The van der Waals surface area contributed by atoms with Crippen molar-refractivity contribution in [2.24, 2.45) is 0 Å². The summed E-state index contributed by atoms with van der Waals surface area (Å²) in [6.45, 7) is 4.56. The summed E-state index contributed by atoms with van der Waals surface area (Å²) < 4.78 is 0. The number of rotatable bonds is 9. The van der Waals surface area contributed by atoms with Crippen LogP contribution in [0, 0.1) is 0 Å². The van der Waals surface area contributed by atoms with Gasteiger partial charge in [0.05, 0.1) is 0 Å². The zero-order valence-electron chi connectivity index (χ0n) is 12.8. The highest BCUT2D eigenvalue weighted by Crippen LogP contribution is 2.08. The van der Waals surface area contributed by atoms with Gasteiger partial charge >= 0.3 is 0 Å². The molecule has 0 spiro atoms. The zero-order chi connectivity index (χ0) is 14.8. The van der Waals surface area contributed by atoms with Crippen LogP contribution in [0.1, 0.15) is 36.7 Å². The molecule has 0 radical (unpaired) electrons. The first kappa shape index (κ1) is 16.4. The van der Waals surface area contributed by atoms with Crippen molar-refractivity contribution in [2.75, 3.05) is 39.0 Å². The minimum atomic E-state index is -0.121. The highest BCUT2D eigenvalue weighted by Gasteiger charge is 2.07. The molecule has 0 fully saturated rings. The number of amides is 1. The second kappa shape index (κ2) is 9.31. The molecule has 0 aromatic carbocycles. The average Bonchev–Trinajstić information content (AvgIpc) is 2.43. The smallest absolute Gasteiger partial charge is 0.269 e. The number of aromatic nitrogens is 1. The lowest BCUT2D eigenvalue weighted by Gasteiger charge is -2.11. The van der Waals surface area contributed by atoms with Gasteiger partial charge in [0.2, 0.25) is 0 Å². The summed E-state index contributed by atoms with van der Waals surface area (Å²) in [5.74, 6) is -0.121. The van der Waals surface area contributed by atoms with Crippen LogP contribution in [0.5, 0.6) is 0 Å². The first-order valence-electron chi connectivity index (χ1n) is 7.26. The molecule has 1 aromatic rings. The van der Waals surface area contributed by atoms with Gasteiger partial charge in [0.15, 0.2) is 0 Å². The molecular formula is C15H26N4O. The van der Waals surface area contributed by atoms with Gasteiger partial charge < -0.3 is 15.5 Å². The highest BCUT2D eigenvalue weighted by atomic mass is 16.1. The molecule has 0 bridgehead atoms. The lowest BCUT2D eigenvalue weighted by atomic mass is 10.2. The van der Waals surface area contributed by atoms with Crippen LogP contribution in [-0.2, 0) is 0 Å². The van der Waals surface area contributed by atoms with Gasteiger partial charge in [0.1, 0.15) is 5.69 Å². The Morgan fingerprint density at radius 2 is 2.10 bits per heavy atom. The van der Waals surface area contributed by atoms with Crippen LogP contribution >= 0.6 is 0 Å². The third-order valence-electron chi connectivity index (χ3n) is 2.95. The number of likely N-dealkylation sites (N-methyl/N-ethyl adjacent to an activating group) is 1. The molecule has 0 aliphatic rings. The fourth-order valence-corrected chi connectivity index (χ4v) is 1.76. The SMILES string of the molecule is CCCCCNc1ccnc(C(=O)NCCN(C)C)c1. The third-order valence-corrected chi connectivity index (χ3v) is 2.95. The number of carbonyl (C=O) groups is 1. The molecule has 5 heteroatoms. The predicted molar refractivity (Wildman–Crippen MR) is 83.1 cm³/mol. The molecule has 0 saturated carbocycles. The van der Waals surface area contributed by atoms with Crippen LogP contribution in [0.15, 0.2) is 18.3 Å². The number of anilines is 1. The molecule has 112 valence electrons. The van der Waals surface area contributed by atoms with Crippen molar-refractivity contribution >= 4 is 11.6 Å². The third kappa shape index (κ3) is 6.52. The highest BCUT2D eigenvalue weighted by molar-refractivity contribution is 5.93. The second-order valence-corrected chi connectivity index (χ2v) is 5.12. The topological polar surface area (TPSA) is 57.3 Å². The normalized spacial score (nSPS) is 10.6. The Hall–Kier alpha value is -1.62. The van der Waals surface area contributed by atoms with Gasteiger partial charge in [-0.15, -0.1) is 0 Å². The van der Waals surface area contributed by atoms with Crippen LogP contribution in [0.3, 0.4) is 0 Å². The molecule has 0 atom stereocenters. The maximum Gasteiger partial charge on any atom is 0.269 e.